The van der Waals surface area contributed by atoms with Gasteiger partial charge in [0.1, 0.15) is 0 Å². The first kappa shape index (κ1) is 16.4. The second-order valence-electron chi connectivity index (χ2n) is 5.52. The van der Waals surface area contributed by atoms with E-state index in [1.165, 1.54) is 0 Å². The maximum atomic E-state index is 12.3. The molecule has 2 aliphatic rings. The smallest absolute Gasteiger partial charge is 0.321 e. The first-order chi connectivity index (χ1) is 11.1. The van der Waals surface area contributed by atoms with Crippen LogP contribution in [-0.4, -0.2) is 65.6 Å². The van der Waals surface area contributed by atoms with E-state index < -0.39 is 0 Å². The number of nitrogens with one attached hydrogen (secondary N) is 2. The van der Waals surface area contributed by atoms with Crippen LogP contribution in [-0.2, 0) is 4.79 Å². The zero-order valence-corrected chi connectivity index (χ0v) is 14.2. The predicted octanol–water partition coefficient (Wildman–Crippen LogP) is 1.68. The van der Waals surface area contributed by atoms with Crippen LogP contribution in [0.1, 0.15) is 0 Å². The molecular formula is C15H19ClN4O2S. The van der Waals surface area contributed by atoms with Gasteiger partial charge in [0.05, 0.1) is 6.04 Å². The number of urea groups is 1. The lowest BCUT2D eigenvalue weighted by Gasteiger charge is -2.35. The number of amides is 3. The van der Waals surface area contributed by atoms with E-state index in [-0.39, 0.29) is 18.0 Å². The summed E-state index contributed by atoms with van der Waals surface area (Å²) in [6, 6.07) is 6.79. The van der Waals surface area contributed by atoms with Gasteiger partial charge in [-0.05, 0) is 24.3 Å². The largest absolute Gasteiger partial charge is 0.338 e. The minimum atomic E-state index is -0.144. The van der Waals surface area contributed by atoms with E-state index in [2.05, 4.69) is 10.6 Å². The Morgan fingerprint density at radius 2 is 1.78 bits per heavy atom. The number of hydrogen-bond acceptors (Lipinski definition) is 4. The van der Waals surface area contributed by atoms with Gasteiger partial charge >= 0.3 is 6.03 Å². The van der Waals surface area contributed by atoms with Gasteiger partial charge in [0.15, 0.2) is 0 Å². The van der Waals surface area contributed by atoms with E-state index in [0.29, 0.717) is 36.9 Å². The molecule has 0 saturated carbocycles. The topological polar surface area (TPSA) is 64.7 Å². The van der Waals surface area contributed by atoms with E-state index in [4.69, 9.17) is 11.6 Å². The van der Waals surface area contributed by atoms with Crippen LogP contribution in [0, 0.1) is 0 Å². The van der Waals surface area contributed by atoms with Gasteiger partial charge in [0, 0.05) is 48.5 Å². The maximum absolute atomic E-state index is 12.3. The van der Waals surface area contributed by atoms with Gasteiger partial charge in [-0.25, -0.2) is 4.79 Å². The third-order valence-electron chi connectivity index (χ3n) is 3.99. The molecule has 0 bridgehead atoms. The van der Waals surface area contributed by atoms with Crippen molar-refractivity contribution in [3.8, 4) is 0 Å². The van der Waals surface area contributed by atoms with Crippen LogP contribution < -0.4 is 10.6 Å². The fourth-order valence-electron chi connectivity index (χ4n) is 2.64. The molecule has 0 aliphatic carbocycles. The summed E-state index contributed by atoms with van der Waals surface area (Å²) >= 11 is 7.57. The number of thioether (sulfide) groups is 1. The molecule has 2 fully saturated rings. The molecule has 1 unspecified atom stereocenters. The number of carbonyl (C=O) groups is 2. The summed E-state index contributed by atoms with van der Waals surface area (Å²) in [6.45, 7) is 2.25. The third-order valence-corrected chi connectivity index (χ3v) is 5.18. The maximum Gasteiger partial charge on any atom is 0.321 e. The first-order valence-corrected chi connectivity index (χ1v) is 9.08. The Morgan fingerprint density at radius 3 is 2.39 bits per heavy atom. The van der Waals surface area contributed by atoms with E-state index in [1.807, 2.05) is 4.90 Å². The normalized spacial score (nSPS) is 21.3. The van der Waals surface area contributed by atoms with E-state index in [9.17, 15) is 9.59 Å². The molecule has 8 heteroatoms. The Bertz CT molecular complexity index is 569. The minimum Gasteiger partial charge on any atom is -0.338 e. The predicted molar refractivity (Wildman–Crippen MR) is 92.9 cm³/mol. The third kappa shape index (κ3) is 4.10. The minimum absolute atomic E-state index is 0.0746. The van der Waals surface area contributed by atoms with Crippen LogP contribution in [0.4, 0.5) is 10.5 Å². The standard InChI is InChI=1S/C15H19ClN4O2S/c16-11-1-3-12(4-2-11)18-15(22)20-7-5-19(6-8-20)14(21)13-9-23-10-17-13/h1-4,13,17H,5-10H2,(H,18,22). The molecule has 124 valence electrons. The monoisotopic (exact) mass is 354 g/mol. The van der Waals surface area contributed by atoms with Gasteiger partial charge in [-0.15, -0.1) is 11.8 Å². The SMILES string of the molecule is O=C(Nc1ccc(Cl)cc1)N1CCN(C(=O)C2CSCN2)CC1. The summed E-state index contributed by atoms with van der Waals surface area (Å²) in [5.74, 6) is 1.81. The van der Waals surface area contributed by atoms with Gasteiger partial charge in [0.2, 0.25) is 5.91 Å². The van der Waals surface area contributed by atoms with Crippen molar-refractivity contribution in [3.63, 3.8) is 0 Å². The van der Waals surface area contributed by atoms with E-state index in [0.717, 1.165) is 11.6 Å². The fourth-order valence-corrected chi connectivity index (χ4v) is 3.70. The quantitative estimate of drug-likeness (QED) is 0.848. The van der Waals surface area contributed by atoms with Crippen LogP contribution in [0.2, 0.25) is 5.02 Å². The lowest BCUT2D eigenvalue weighted by molar-refractivity contribution is -0.134. The molecule has 0 aromatic heterocycles. The van der Waals surface area contributed by atoms with Crippen molar-refractivity contribution in [2.45, 2.75) is 6.04 Å². The van der Waals surface area contributed by atoms with Crippen molar-refractivity contribution >= 4 is 41.0 Å². The second-order valence-corrected chi connectivity index (χ2v) is 6.99. The van der Waals surface area contributed by atoms with Gasteiger partial charge < -0.3 is 15.1 Å². The van der Waals surface area contributed by atoms with Crippen molar-refractivity contribution in [1.82, 2.24) is 15.1 Å². The highest BCUT2D eigenvalue weighted by Gasteiger charge is 2.30. The second kappa shape index (κ2) is 7.42. The van der Waals surface area contributed by atoms with Crippen molar-refractivity contribution in [1.29, 1.82) is 0 Å². The summed E-state index contributed by atoms with van der Waals surface area (Å²) in [5, 5.41) is 6.67. The Kier molecular flexibility index (Phi) is 5.30. The Hall–Kier alpha value is -1.44. The van der Waals surface area contributed by atoms with Crippen LogP contribution in [0.5, 0.6) is 0 Å². The molecule has 0 radical (unpaired) electrons. The van der Waals surface area contributed by atoms with E-state index >= 15 is 0 Å². The molecule has 1 aromatic carbocycles. The highest BCUT2D eigenvalue weighted by atomic mass is 35.5. The Morgan fingerprint density at radius 1 is 1.13 bits per heavy atom. The molecule has 2 aliphatic heterocycles. The number of hydrogen-bond donors (Lipinski definition) is 2. The first-order valence-electron chi connectivity index (χ1n) is 7.55. The number of carbonyl (C=O) groups excluding carboxylic acids is 2. The molecule has 2 heterocycles. The Labute approximate surface area is 144 Å². The summed E-state index contributed by atoms with van der Waals surface area (Å²) in [5.41, 5.74) is 0.713. The summed E-state index contributed by atoms with van der Waals surface area (Å²) in [7, 11) is 0. The van der Waals surface area contributed by atoms with E-state index in [1.54, 1.807) is 40.9 Å². The van der Waals surface area contributed by atoms with Crippen molar-refractivity contribution in [3.05, 3.63) is 29.3 Å². The van der Waals surface area contributed by atoms with Crippen LogP contribution >= 0.6 is 23.4 Å². The average Bonchev–Trinajstić information content (AvgIpc) is 3.11. The number of benzene rings is 1. The molecule has 2 saturated heterocycles. The Balaban J connectivity index is 1.49. The van der Waals surface area contributed by atoms with Crippen LogP contribution in [0.25, 0.3) is 0 Å². The molecular weight excluding hydrogens is 336 g/mol. The molecule has 2 N–H and O–H groups in total. The molecule has 1 atom stereocenters. The van der Waals surface area contributed by atoms with Gasteiger partial charge in [-0.2, -0.15) is 0 Å². The number of rotatable bonds is 2. The molecule has 3 amide bonds. The highest BCUT2D eigenvalue weighted by Crippen LogP contribution is 2.16. The fraction of sp³-hybridized carbons (Fsp3) is 0.467. The van der Waals surface area contributed by atoms with Gasteiger partial charge in [-0.1, -0.05) is 11.6 Å². The zero-order valence-electron chi connectivity index (χ0n) is 12.6. The van der Waals surface area contributed by atoms with Crippen molar-refractivity contribution in [2.75, 3.05) is 43.1 Å². The summed E-state index contributed by atoms with van der Waals surface area (Å²) in [4.78, 5) is 28.1. The van der Waals surface area contributed by atoms with Crippen LogP contribution in [0.15, 0.2) is 24.3 Å². The summed E-state index contributed by atoms with van der Waals surface area (Å²) < 4.78 is 0. The highest BCUT2D eigenvalue weighted by molar-refractivity contribution is 7.99. The number of nitrogens with zero attached hydrogens (tertiary/aromatic N) is 2. The number of anilines is 1. The van der Waals surface area contributed by atoms with Crippen LogP contribution in [0.3, 0.4) is 0 Å². The van der Waals surface area contributed by atoms with Gasteiger partial charge in [0.25, 0.3) is 0 Å². The molecule has 23 heavy (non-hydrogen) atoms. The molecule has 6 nitrogen and oxygen atoms in total. The van der Waals surface area contributed by atoms with Crippen molar-refractivity contribution in [2.24, 2.45) is 0 Å². The summed E-state index contributed by atoms with van der Waals surface area (Å²) in [6.07, 6.45) is 0. The van der Waals surface area contributed by atoms with Crippen molar-refractivity contribution < 1.29 is 9.59 Å². The molecule has 3 rings (SSSR count). The average molecular weight is 355 g/mol. The molecule has 0 spiro atoms. The number of piperazine rings is 1. The van der Waals surface area contributed by atoms with Gasteiger partial charge in [-0.3, -0.25) is 10.1 Å². The zero-order chi connectivity index (χ0) is 16.2. The molecule has 1 aromatic rings. The lowest BCUT2D eigenvalue weighted by Crippen LogP contribution is -2.55. The lowest BCUT2D eigenvalue weighted by atomic mass is 10.2. The number of halogens is 1.